The Kier molecular flexibility index (Phi) is 2.63. The van der Waals surface area contributed by atoms with Gasteiger partial charge in [0.2, 0.25) is 0 Å². The van der Waals surface area contributed by atoms with Gasteiger partial charge in [0.05, 0.1) is 6.61 Å². The highest BCUT2D eigenvalue weighted by Crippen LogP contribution is 2.25. The summed E-state index contributed by atoms with van der Waals surface area (Å²) in [5.41, 5.74) is 0. The minimum absolute atomic E-state index is 0.281. The summed E-state index contributed by atoms with van der Waals surface area (Å²) in [6.45, 7) is 3.53. The lowest BCUT2D eigenvalue weighted by Crippen LogP contribution is -2.56. The second-order valence-corrected chi connectivity index (χ2v) is 3.91. The summed E-state index contributed by atoms with van der Waals surface area (Å²) in [4.78, 5) is 2.53. The Labute approximate surface area is 73.8 Å². The van der Waals surface area contributed by atoms with Gasteiger partial charge in [-0.3, -0.25) is 4.90 Å². The van der Waals surface area contributed by atoms with Crippen LogP contribution >= 0.6 is 0 Å². The van der Waals surface area contributed by atoms with Crippen LogP contribution in [0.2, 0.25) is 0 Å². The molecule has 1 heterocycles. The normalized spacial score (nSPS) is 33.2. The third-order valence-electron chi connectivity index (χ3n) is 3.10. The van der Waals surface area contributed by atoms with Crippen LogP contribution in [0.5, 0.6) is 0 Å². The lowest BCUT2D eigenvalue weighted by atomic mass is 9.90. The Morgan fingerprint density at radius 1 is 1.42 bits per heavy atom. The molecule has 1 saturated carbocycles. The van der Waals surface area contributed by atoms with E-state index in [1.807, 2.05) is 0 Å². The minimum atomic E-state index is 0.281. The van der Waals surface area contributed by atoms with Gasteiger partial charge in [-0.15, -0.1) is 0 Å². The van der Waals surface area contributed by atoms with Crippen molar-refractivity contribution in [1.29, 1.82) is 0 Å². The first-order valence-corrected chi connectivity index (χ1v) is 4.98. The number of hydrogen-bond donors (Lipinski definition) is 2. The van der Waals surface area contributed by atoms with Crippen LogP contribution < -0.4 is 5.32 Å². The van der Waals surface area contributed by atoms with Crippen LogP contribution in [0.3, 0.4) is 0 Å². The van der Waals surface area contributed by atoms with Gasteiger partial charge in [-0.05, 0) is 12.8 Å². The molecule has 1 saturated heterocycles. The average molecular weight is 170 g/mol. The number of nitrogens with one attached hydrogen (secondary N) is 1. The fourth-order valence-corrected chi connectivity index (χ4v) is 2.06. The van der Waals surface area contributed by atoms with E-state index in [0.717, 1.165) is 19.1 Å². The Hall–Kier alpha value is -0.120. The minimum Gasteiger partial charge on any atom is -0.395 e. The van der Waals surface area contributed by atoms with E-state index in [0.29, 0.717) is 6.04 Å². The molecule has 1 atom stereocenters. The molecular weight excluding hydrogens is 152 g/mol. The maximum atomic E-state index is 8.99. The molecule has 3 heteroatoms. The predicted molar refractivity (Wildman–Crippen MR) is 48.1 cm³/mol. The molecule has 12 heavy (non-hydrogen) atoms. The van der Waals surface area contributed by atoms with E-state index in [4.69, 9.17) is 5.11 Å². The maximum absolute atomic E-state index is 8.99. The zero-order valence-corrected chi connectivity index (χ0v) is 7.50. The molecule has 0 bridgehead atoms. The molecule has 1 aliphatic heterocycles. The molecule has 1 aliphatic carbocycles. The van der Waals surface area contributed by atoms with E-state index < -0.39 is 0 Å². The number of aliphatic hydroxyl groups is 1. The molecule has 0 amide bonds. The van der Waals surface area contributed by atoms with Crippen LogP contribution in [0.15, 0.2) is 0 Å². The van der Waals surface area contributed by atoms with Gasteiger partial charge in [-0.25, -0.2) is 0 Å². The van der Waals surface area contributed by atoms with Crippen LogP contribution in [0.1, 0.15) is 19.3 Å². The highest BCUT2D eigenvalue weighted by molar-refractivity contribution is 4.86. The van der Waals surface area contributed by atoms with Gasteiger partial charge < -0.3 is 10.4 Å². The molecule has 70 valence electrons. The number of nitrogens with zero attached hydrogens (tertiary/aromatic N) is 1. The quantitative estimate of drug-likeness (QED) is 0.603. The van der Waals surface area contributed by atoms with E-state index >= 15 is 0 Å². The molecule has 2 aliphatic rings. The van der Waals surface area contributed by atoms with Gasteiger partial charge in [0.25, 0.3) is 0 Å². The largest absolute Gasteiger partial charge is 0.395 e. The fraction of sp³-hybridized carbons (Fsp3) is 1.00. The topological polar surface area (TPSA) is 35.5 Å². The van der Waals surface area contributed by atoms with E-state index in [1.165, 1.54) is 25.8 Å². The number of aliphatic hydroxyl groups excluding tert-OH is 1. The molecule has 2 N–H and O–H groups in total. The van der Waals surface area contributed by atoms with E-state index in [9.17, 15) is 0 Å². The molecule has 3 nitrogen and oxygen atoms in total. The van der Waals surface area contributed by atoms with Gasteiger partial charge in [0, 0.05) is 31.7 Å². The zero-order valence-electron chi connectivity index (χ0n) is 7.50. The molecule has 0 aromatic heterocycles. The van der Waals surface area contributed by atoms with Crippen molar-refractivity contribution in [2.24, 2.45) is 0 Å². The van der Waals surface area contributed by atoms with Crippen LogP contribution in [0, 0.1) is 0 Å². The fourth-order valence-electron chi connectivity index (χ4n) is 2.06. The van der Waals surface area contributed by atoms with Crippen molar-refractivity contribution >= 4 is 0 Å². The average Bonchev–Trinajstić information content (AvgIpc) is 2.02. The summed E-state index contributed by atoms with van der Waals surface area (Å²) in [5.74, 6) is 0. The molecule has 0 aromatic rings. The third-order valence-corrected chi connectivity index (χ3v) is 3.10. The first-order chi connectivity index (χ1) is 5.90. The SMILES string of the molecule is OCC1CN(C2CCC2)CCN1. The third kappa shape index (κ3) is 1.63. The predicted octanol–water partition coefficient (Wildman–Crippen LogP) is -0.195. The van der Waals surface area contributed by atoms with Crippen molar-refractivity contribution in [2.45, 2.75) is 31.3 Å². The summed E-state index contributed by atoms with van der Waals surface area (Å²) in [6.07, 6.45) is 4.15. The summed E-state index contributed by atoms with van der Waals surface area (Å²) in [7, 11) is 0. The molecule has 0 aromatic carbocycles. The number of piperazine rings is 1. The number of hydrogen-bond acceptors (Lipinski definition) is 3. The van der Waals surface area contributed by atoms with E-state index in [-0.39, 0.29) is 6.61 Å². The lowest BCUT2D eigenvalue weighted by Gasteiger charge is -2.42. The van der Waals surface area contributed by atoms with Crippen molar-refractivity contribution in [1.82, 2.24) is 10.2 Å². The highest BCUT2D eigenvalue weighted by atomic mass is 16.3. The summed E-state index contributed by atoms with van der Waals surface area (Å²) >= 11 is 0. The lowest BCUT2D eigenvalue weighted by molar-refractivity contribution is 0.0747. The Balaban J connectivity index is 1.81. The summed E-state index contributed by atoms with van der Waals surface area (Å²) in [5, 5.41) is 12.3. The van der Waals surface area contributed by atoms with Crippen LogP contribution in [-0.4, -0.2) is 48.3 Å². The van der Waals surface area contributed by atoms with Crippen LogP contribution in [0.25, 0.3) is 0 Å². The molecule has 2 fully saturated rings. The van der Waals surface area contributed by atoms with E-state index in [2.05, 4.69) is 10.2 Å². The highest BCUT2D eigenvalue weighted by Gasteiger charge is 2.28. The smallest absolute Gasteiger partial charge is 0.0597 e. The van der Waals surface area contributed by atoms with E-state index in [1.54, 1.807) is 0 Å². The molecule has 0 radical (unpaired) electrons. The monoisotopic (exact) mass is 170 g/mol. The first kappa shape index (κ1) is 8.48. The number of rotatable bonds is 2. The Morgan fingerprint density at radius 2 is 2.25 bits per heavy atom. The Morgan fingerprint density at radius 3 is 2.83 bits per heavy atom. The standard InChI is InChI=1S/C9H18N2O/c12-7-8-6-11(5-4-10-8)9-2-1-3-9/h8-10,12H,1-7H2. The van der Waals surface area contributed by atoms with Crippen LogP contribution in [-0.2, 0) is 0 Å². The van der Waals surface area contributed by atoms with Crippen molar-refractivity contribution in [3.05, 3.63) is 0 Å². The first-order valence-electron chi connectivity index (χ1n) is 4.98. The summed E-state index contributed by atoms with van der Waals surface area (Å²) in [6, 6.07) is 1.15. The van der Waals surface area contributed by atoms with Gasteiger partial charge in [-0.1, -0.05) is 6.42 Å². The summed E-state index contributed by atoms with van der Waals surface area (Å²) < 4.78 is 0. The van der Waals surface area contributed by atoms with Crippen molar-refractivity contribution in [3.8, 4) is 0 Å². The molecule has 2 rings (SSSR count). The van der Waals surface area contributed by atoms with Crippen molar-refractivity contribution in [3.63, 3.8) is 0 Å². The zero-order chi connectivity index (χ0) is 8.39. The molecular formula is C9H18N2O. The van der Waals surface area contributed by atoms with Gasteiger partial charge in [0.15, 0.2) is 0 Å². The van der Waals surface area contributed by atoms with Gasteiger partial charge >= 0.3 is 0 Å². The molecule has 1 unspecified atom stereocenters. The second kappa shape index (κ2) is 3.73. The van der Waals surface area contributed by atoms with Crippen molar-refractivity contribution in [2.75, 3.05) is 26.2 Å². The van der Waals surface area contributed by atoms with Gasteiger partial charge in [-0.2, -0.15) is 0 Å². The molecule has 0 spiro atoms. The maximum Gasteiger partial charge on any atom is 0.0597 e. The van der Waals surface area contributed by atoms with Crippen LogP contribution in [0.4, 0.5) is 0 Å². The van der Waals surface area contributed by atoms with Crippen molar-refractivity contribution < 1.29 is 5.11 Å². The van der Waals surface area contributed by atoms with Gasteiger partial charge in [0.1, 0.15) is 0 Å². The Bertz CT molecular complexity index is 147. The second-order valence-electron chi connectivity index (χ2n) is 3.91.